The van der Waals surface area contributed by atoms with Crippen LogP contribution >= 0.6 is 0 Å². The van der Waals surface area contributed by atoms with Gasteiger partial charge in [0.1, 0.15) is 0 Å². The fourth-order valence-electron chi connectivity index (χ4n) is 5.75. The second-order valence-corrected chi connectivity index (χ2v) is 8.72. The van der Waals surface area contributed by atoms with Crippen LogP contribution in [0.2, 0.25) is 0 Å². The molecule has 4 atom stereocenters. The first-order valence-electron chi connectivity index (χ1n) is 8.55. The lowest BCUT2D eigenvalue weighted by atomic mass is 9.84. The molecule has 0 amide bonds. The predicted octanol–water partition coefficient (Wildman–Crippen LogP) is 3.33. The third-order valence-corrected chi connectivity index (χ3v) is 6.90. The molecule has 0 bridgehead atoms. The van der Waals surface area contributed by atoms with Gasteiger partial charge in [-0.05, 0) is 28.6 Å². The first kappa shape index (κ1) is 14.4. The molecule has 0 spiro atoms. The molecule has 3 aliphatic rings. The molecule has 0 aliphatic heterocycles. The smallest absolute Gasteiger partial charge is 0.243 e. The number of aromatic nitrogens is 4. The molecule has 0 N–H and O–H groups in total. The molecule has 6 nitrogen and oxygen atoms in total. The van der Waals surface area contributed by atoms with Gasteiger partial charge in [0.25, 0.3) is 0 Å². The number of aryl methyl sites for hydroxylation is 2. The van der Waals surface area contributed by atoms with Gasteiger partial charge < -0.3 is 8.83 Å². The summed E-state index contributed by atoms with van der Waals surface area (Å²) in [7, 11) is 0. The van der Waals surface area contributed by atoms with E-state index in [1.165, 1.54) is 5.57 Å². The molecule has 0 unspecified atom stereocenters. The van der Waals surface area contributed by atoms with Gasteiger partial charge >= 0.3 is 0 Å². The van der Waals surface area contributed by atoms with Gasteiger partial charge in [-0.3, -0.25) is 0 Å². The van der Waals surface area contributed by atoms with Gasteiger partial charge in [-0.25, -0.2) is 0 Å². The van der Waals surface area contributed by atoms with Crippen molar-refractivity contribution < 1.29 is 8.83 Å². The predicted molar refractivity (Wildman–Crippen MR) is 85.8 cm³/mol. The first-order chi connectivity index (χ1) is 11.2. The standard InChI is InChI=1S/C18H22N4O2/c1-8-19-21-14(23-8)10-7-11-17(5,6)18(11,13-12(10)16(13,3)4)15-22-20-9(2)24-15/h7,11-13H,1-6H3/t11-,12-,13+,18+/m1/s1. The van der Waals surface area contributed by atoms with Gasteiger partial charge in [-0.1, -0.05) is 33.8 Å². The van der Waals surface area contributed by atoms with Crippen LogP contribution in [0.3, 0.4) is 0 Å². The fraction of sp³-hybridized carbons (Fsp3) is 0.667. The van der Waals surface area contributed by atoms with E-state index in [2.05, 4.69) is 54.2 Å². The van der Waals surface area contributed by atoms with Crippen LogP contribution in [0.5, 0.6) is 0 Å². The highest BCUT2D eigenvalue weighted by atomic mass is 16.4. The van der Waals surface area contributed by atoms with Crippen LogP contribution in [0.1, 0.15) is 51.3 Å². The Labute approximate surface area is 140 Å². The summed E-state index contributed by atoms with van der Waals surface area (Å²) >= 11 is 0. The maximum absolute atomic E-state index is 5.94. The molecule has 0 radical (unpaired) electrons. The number of nitrogens with zero attached hydrogens (tertiary/aromatic N) is 4. The topological polar surface area (TPSA) is 77.8 Å². The third-order valence-electron chi connectivity index (χ3n) is 6.90. The Morgan fingerprint density at radius 3 is 2.17 bits per heavy atom. The Balaban J connectivity index is 1.69. The van der Waals surface area contributed by atoms with Crippen LogP contribution < -0.4 is 0 Å². The zero-order valence-corrected chi connectivity index (χ0v) is 14.9. The van der Waals surface area contributed by atoms with Crippen LogP contribution in [-0.2, 0) is 5.41 Å². The number of rotatable bonds is 2. The largest absolute Gasteiger partial charge is 0.425 e. The lowest BCUT2D eigenvalue weighted by molar-refractivity contribution is 0.307. The van der Waals surface area contributed by atoms with E-state index in [0.717, 1.165) is 5.89 Å². The van der Waals surface area contributed by atoms with Gasteiger partial charge in [0.2, 0.25) is 23.6 Å². The summed E-state index contributed by atoms with van der Waals surface area (Å²) in [5, 5.41) is 16.8. The van der Waals surface area contributed by atoms with Crippen molar-refractivity contribution in [3.63, 3.8) is 0 Å². The SMILES string of the molecule is Cc1nnc(C2=C[C@@H]3C(C)(C)[C@]3(c3nnc(C)o3)[C@H]3[C@@H]2C3(C)C)o1. The van der Waals surface area contributed by atoms with E-state index in [1.807, 2.05) is 13.8 Å². The molecule has 24 heavy (non-hydrogen) atoms. The van der Waals surface area contributed by atoms with Gasteiger partial charge in [0, 0.05) is 19.4 Å². The lowest BCUT2D eigenvalue weighted by Gasteiger charge is -2.19. The van der Waals surface area contributed by atoms with Gasteiger partial charge in [-0.2, -0.15) is 0 Å². The molecule has 3 aliphatic carbocycles. The first-order valence-corrected chi connectivity index (χ1v) is 8.55. The van der Waals surface area contributed by atoms with Crippen LogP contribution in [0.4, 0.5) is 0 Å². The van der Waals surface area contributed by atoms with Crippen LogP contribution in [-0.4, -0.2) is 20.4 Å². The molecule has 2 fully saturated rings. The Bertz CT molecular complexity index is 890. The lowest BCUT2D eigenvalue weighted by Crippen LogP contribution is -2.23. The van der Waals surface area contributed by atoms with E-state index in [4.69, 9.17) is 8.83 Å². The minimum atomic E-state index is -0.0685. The molecule has 126 valence electrons. The average molecular weight is 326 g/mol. The number of allylic oxidation sites excluding steroid dienone is 2. The summed E-state index contributed by atoms with van der Waals surface area (Å²) in [6.07, 6.45) is 2.34. The van der Waals surface area contributed by atoms with E-state index in [-0.39, 0.29) is 16.2 Å². The molecule has 2 aromatic heterocycles. The maximum atomic E-state index is 5.94. The summed E-state index contributed by atoms with van der Waals surface area (Å²) in [4.78, 5) is 0. The van der Waals surface area contributed by atoms with Gasteiger partial charge in [0.05, 0.1) is 5.41 Å². The van der Waals surface area contributed by atoms with Crippen molar-refractivity contribution in [1.29, 1.82) is 0 Å². The van der Waals surface area contributed by atoms with Crippen molar-refractivity contribution in [2.45, 2.75) is 47.0 Å². The monoisotopic (exact) mass is 326 g/mol. The zero-order valence-electron chi connectivity index (χ0n) is 14.9. The maximum Gasteiger partial charge on any atom is 0.243 e. The van der Waals surface area contributed by atoms with Crippen LogP contribution in [0.25, 0.3) is 5.57 Å². The van der Waals surface area contributed by atoms with Gasteiger partial charge in [0.15, 0.2) is 0 Å². The van der Waals surface area contributed by atoms with E-state index in [1.54, 1.807) is 0 Å². The van der Waals surface area contributed by atoms with Crippen molar-refractivity contribution in [3.05, 3.63) is 29.6 Å². The van der Waals surface area contributed by atoms with Crippen LogP contribution in [0, 0.1) is 42.4 Å². The highest BCUT2D eigenvalue weighted by molar-refractivity contribution is 5.72. The van der Waals surface area contributed by atoms with Crippen LogP contribution in [0.15, 0.2) is 14.9 Å². The molecule has 0 saturated heterocycles. The number of hydrogen-bond acceptors (Lipinski definition) is 6. The molecule has 2 heterocycles. The van der Waals surface area contributed by atoms with E-state index in [9.17, 15) is 0 Å². The van der Waals surface area contributed by atoms with Crippen molar-refractivity contribution >= 4 is 5.57 Å². The highest BCUT2D eigenvalue weighted by Gasteiger charge is 2.87. The molecular weight excluding hydrogens is 304 g/mol. The summed E-state index contributed by atoms with van der Waals surface area (Å²) in [6.45, 7) is 12.9. The quantitative estimate of drug-likeness (QED) is 0.842. The Morgan fingerprint density at radius 1 is 0.917 bits per heavy atom. The van der Waals surface area contributed by atoms with Crippen molar-refractivity contribution in [1.82, 2.24) is 20.4 Å². The fourth-order valence-corrected chi connectivity index (χ4v) is 5.75. The Kier molecular flexibility index (Phi) is 2.28. The number of fused-ring (bicyclic) bond motifs is 3. The average Bonchev–Trinajstić information content (AvgIpc) is 3.00. The minimum absolute atomic E-state index is 0.0685. The highest BCUT2D eigenvalue weighted by Crippen LogP contribution is 2.87. The third kappa shape index (κ3) is 1.36. The molecule has 6 heteroatoms. The summed E-state index contributed by atoms with van der Waals surface area (Å²) in [5.74, 6) is 3.92. The molecule has 0 aromatic carbocycles. The minimum Gasteiger partial charge on any atom is -0.425 e. The van der Waals surface area contributed by atoms with Gasteiger partial charge in [-0.15, -0.1) is 20.4 Å². The Hall–Kier alpha value is -1.98. The molecule has 5 rings (SSSR count). The normalized spacial score (nSPS) is 37.4. The van der Waals surface area contributed by atoms with E-state index < -0.39 is 0 Å². The summed E-state index contributed by atoms with van der Waals surface area (Å²) in [5.41, 5.74) is 1.37. The van der Waals surface area contributed by atoms with Crippen molar-refractivity contribution in [2.24, 2.45) is 28.6 Å². The zero-order chi connectivity index (χ0) is 17.1. The van der Waals surface area contributed by atoms with E-state index >= 15 is 0 Å². The Morgan fingerprint density at radius 2 is 1.58 bits per heavy atom. The molecule has 2 aromatic rings. The summed E-state index contributed by atoms with van der Waals surface area (Å²) < 4.78 is 11.7. The molecular formula is C18H22N4O2. The van der Waals surface area contributed by atoms with E-state index in [0.29, 0.717) is 35.4 Å². The summed E-state index contributed by atoms with van der Waals surface area (Å²) in [6, 6.07) is 0. The number of hydrogen-bond donors (Lipinski definition) is 0. The van der Waals surface area contributed by atoms with Crippen molar-refractivity contribution in [3.8, 4) is 0 Å². The molecule has 2 saturated carbocycles. The second-order valence-electron chi connectivity index (χ2n) is 8.72. The van der Waals surface area contributed by atoms with Crippen molar-refractivity contribution in [2.75, 3.05) is 0 Å². The second kappa shape index (κ2) is 3.81.